The molecule has 0 aliphatic carbocycles. The van der Waals surface area contributed by atoms with Gasteiger partial charge in [-0.15, -0.1) is 0 Å². The third-order valence-corrected chi connectivity index (χ3v) is 2.44. The first-order valence-corrected chi connectivity index (χ1v) is 4.38. The lowest BCUT2D eigenvalue weighted by atomic mass is 10.1. The van der Waals surface area contributed by atoms with Crippen molar-refractivity contribution < 1.29 is 28.5 Å². The van der Waals surface area contributed by atoms with Crippen LogP contribution in [0.15, 0.2) is 30.3 Å². The Hall–Kier alpha value is -0.0900. The van der Waals surface area contributed by atoms with Crippen LogP contribution in [0.4, 0.5) is 0 Å². The van der Waals surface area contributed by atoms with E-state index in [1.165, 1.54) is 5.56 Å². The van der Waals surface area contributed by atoms with Crippen molar-refractivity contribution >= 4 is 0 Å². The molecule has 0 amide bonds. The van der Waals surface area contributed by atoms with Gasteiger partial charge >= 0.3 is 0 Å². The molecular formula is C11H18IN. The lowest BCUT2D eigenvalue weighted by Gasteiger charge is -2.31. The smallest absolute Gasteiger partial charge is 0.111 e. The first kappa shape index (κ1) is 12.9. The first-order chi connectivity index (χ1) is 5.52. The van der Waals surface area contributed by atoms with Crippen molar-refractivity contribution in [1.29, 1.82) is 0 Å². The molecule has 0 spiro atoms. The number of hydrogen-bond acceptors (Lipinski definition) is 0. The quantitative estimate of drug-likeness (QED) is 0.507. The molecule has 0 heterocycles. The fraction of sp³-hybridized carbons (Fsp3) is 0.455. The normalized spacial score (nSPS) is 13.2. The Morgan fingerprint density at radius 1 is 1.00 bits per heavy atom. The Kier molecular flexibility index (Phi) is 4.92. The van der Waals surface area contributed by atoms with E-state index in [4.69, 9.17) is 0 Å². The van der Waals surface area contributed by atoms with Crippen LogP contribution in [-0.2, 0) is 0 Å². The minimum atomic E-state index is 0. The van der Waals surface area contributed by atoms with E-state index in [9.17, 15) is 0 Å². The summed E-state index contributed by atoms with van der Waals surface area (Å²) in [5, 5.41) is 0. The molecule has 0 bridgehead atoms. The summed E-state index contributed by atoms with van der Waals surface area (Å²) in [5.74, 6) is 0. The monoisotopic (exact) mass is 291 g/mol. The van der Waals surface area contributed by atoms with Gasteiger partial charge < -0.3 is 28.5 Å². The fourth-order valence-electron chi connectivity index (χ4n) is 1.18. The van der Waals surface area contributed by atoms with Crippen LogP contribution in [0, 0.1) is 0 Å². The van der Waals surface area contributed by atoms with Gasteiger partial charge in [-0.05, 0) is 6.92 Å². The molecule has 0 saturated carbocycles. The average molecular weight is 291 g/mol. The van der Waals surface area contributed by atoms with E-state index in [1.54, 1.807) is 0 Å². The molecule has 1 unspecified atom stereocenters. The van der Waals surface area contributed by atoms with Gasteiger partial charge in [0, 0.05) is 5.56 Å². The van der Waals surface area contributed by atoms with Gasteiger partial charge in [0.2, 0.25) is 0 Å². The Morgan fingerprint density at radius 3 is 1.85 bits per heavy atom. The summed E-state index contributed by atoms with van der Waals surface area (Å²) in [6, 6.07) is 11.2. The van der Waals surface area contributed by atoms with Gasteiger partial charge in [-0.1, -0.05) is 30.3 Å². The third kappa shape index (κ3) is 3.65. The van der Waals surface area contributed by atoms with Crippen molar-refractivity contribution in [3.8, 4) is 0 Å². The molecule has 1 rings (SSSR count). The van der Waals surface area contributed by atoms with Gasteiger partial charge in [-0.3, -0.25) is 0 Å². The summed E-state index contributed by atoms with van der Waals surface area (Å²) < 4.78 is 0.976. The highest BCUT2D eigenvalue weighted by Gasteiger charge is 2.19. The first-order valence-electron chi connectivity index (χ1n) is 4.38. The van der Waals surface area contributed by atoms with E-state index in [-0.39, 0.29) is 24.0 Å². The van der Waals surface area contributed by atoms with E-state index in [1.807, 2.05) is 0 Å². The highest BCUT2D eigenvalue weighted by molar-refractivity contribution is 5.16. The molecule has 13 heavy (non-hydrogen) atoms. The zero-order valence-corrected chi connectivity index (χ0v) is 10.9. The Bertz CT molecular complexity index is 238. The highest BCUT2D eigenvalue weighted by Crippen LogP contribution is 2.21. The maximum atomic E-state index is 2.26. The van der Waals surface area contributed by atoms with Crippen LogP contribution in [0.5, 0.6) is 0 Å². The van der Waals surface area contributed by atoms with Crippen LogP contribution in [0.1, 0.15) is 18.5 Å². The van der Waals surface area contributed by atoms with Gasteiger partial charge in [0.25, 0.3) is 0 Å². The number of halogens is 1. The SMILES string of the molecule is CC(c1ccccc1)[N+](C)(C)C.[I-]. The maximum absolute atomic E-state index is 2.26. The molecule has 1 nitrogen and oxygen atoms in total. The number of rotatable bonds is 2. The molecule has 1 aromatic carbocycles. The maximum Gasteiger partial charge on any atom is 0.111 e. The topological polar surface area (TPSA) is 0 Å². The van der Waals surface area contributed by atoms with Crippen LogP contribution < -0.4 is 24.0 Å². The minimum Gasteiger partial charge on any atom is -1.00 e. The number of benzene rings is 1. The molecular weight excluding hydrogens is 273 g/mol. The van der Waals surface area contributed by atoms with Crippen LogP contribution in [0.25, 0.3) is 0 Å². The van der Waals surface area contributed by atoms with Crippen molar-refractivity contribution in [3.05, 3.63) is 35.9 Å². The van der Waals surface area contributed by atoms with Crippen molar-refractivity contribution in [2.24, 2.45) is 0 Å². The van der Waals surface area contributed by atoms with Crippen molar-refractivity contribution in [3.63, 3.8) is 0 Å². The molecule has 0 aromatic heterocycles. The van der Waals surface area contributed by atoms with E-state index in [0.717, 1.165) is 4.48 Å². The number of nitrogens with zero attached hydrogens (tertiary/aromatic N) is 1. The highest BCUT2D eigenvalue weighted by atomic mass is 127. The summed E-state index contributed by atoms with van der Waals surface area (Å²) in [5.41, 5.74) is 1.41. The van der Waals surface area contributed by atoms with Gasteiger partial charge in [0.15, 0.2) is 0 Å². The fourth-order valence-corrected chi connectivity index (χ4v) is 1.18. The molecule has 1 aromatic rings. The Morgan fingerprint density at radius 2 is 1.46 bits per heavy atom. The number of hydrogen-bond donors (Lipinski definition) is 0. The van der Waals surface area contributed by atoms with Crippen LogP contribution >= 0.6 is 0 Å². The summed E-state index contributed by atoms with van der Waals surface area (Å²) in [7, 11) is 6.66. The minimum absolute atomic E-state index is 0. The zero-order chi connectivity index (χ0) is 9.19. The molecule has 0 aliphatic heterocycles. The van der Waals surface area contributed by atoms with Crippen molar-refractivity contribution in [2.45, 2.75) is 13.0 Å². The average Bonchev–Trinajstić information content (AvgIpc) is 2.03. The van der Waals surface area contributed by atoms with Crippen LogP contribution in [0.3, 0.4) is 0 Å². The summed E-state index contributed by atoms with van der Waals surface area (Å²) in [6.07, 6.45) is 0. The second-order valence-corrected chi connectivity index (χ2v) is 4.20. The van der Waals surface area contributed by atoms with E-state index in [2.05, 4.69) is 58.4 Å². The van der Waals surface area contributed by atoms with E-state index < -0.39 is 0 Å². The predicted octanol–water partition coefficient (Wildman–Crippen LogP) is -0.542. The summed E-state index contributed by atoms with van der Waals surface area (Å²) in [4.78, 5) is 0. The van der Waals surface area contributed by atoms with E-state index in [0.29, 0.717) is 6.04 Å². The van der Waals surface area contributed by atoms with Gasteiger partial charge in [-0.25, -0.2) is 0 Å². The Labute approximate surface area is 98.4 Å². The standard InChI is InChI=1S/C11H18N.HI/c1-10(12(2,3)4)11-8-6-5-7-9-11;/h5-10H,1-4H3;1H/q+1;/p-1. The molecule has 0 fully saturated rings. The van der Waals surface area contributed by atoms with Crippen LogP contribution in [-0.4, -0.2) is 25.6 Å². The summed E-state index contributed by atoms with van der Waals surface area (Å²) in [6.45, 7) is 2.26. The molecule has 0 saturated heterocycles. The second-order valence-electron chi connectivity index (χ2n) is 4.20. The molecule has 74 valence electrons. The molecule has 2 heteroatoms. The Balaban J connectivity index is 0.00000144. The zero-order valence-electron chi connectivity index (χ0n) is 8.79. The van der Waals surface area contributed by atoms with Gasteiger partial charge in [0.05, 0.1) is 21.1 Å². The molecule has 1 atom stereocenters. The third-order valence-electron chi connectivity index (χ3n) is 2.44. The number of quaternary nitrogens is 1. The second kappa shape index (κ2) is 4.96. The lowest BCUT2D eigenvalue weighted by Crippen LogP contribution is -3.00. The molecule has 0 aliphatic rings. The van der Waals surface area contributed by atoms with E-state index >= 15 is 0 Å². The largest absolute Gasteiger partial charge is 1.00 e. The van der Waals surface area contributed by atoms with Crippen LogP contribution in [0.2, 0.25) is 0 Å². The molecule has 0 radical (unpaired) electrons. The predicted molar refractivity (Wildman–Crippen MR) is 52.9 cm³/mol. The van der Waals surface area contributed by atoms with Gasteiger partial charge in [-0.2, -0.15) is 0 Å². The summed E-state index contributed by atoms with van der Waals surface area (Å²) >= 11 is 0. The van der Waals surface area contributed by atoms with Crippen molar-refractivity contribution in [2.75, 3.05) is 21.1 Å². The van der Waals surface area contributed by atoms with Crippen molar-refractivity contribution in [1.82, 2.24) is 0 Å². The molecule has 0 N–H and O–H groups in total. The van der Waals surface area contributed by atoms with Gasteiger partial charge in [0.1, 0.15) is 6.04 Å². The lowest BCUT2D eigenvalue weighted by molar-refractivity contribution is -0.900.